The van der Waals surface area contributed by atoms with Crippen LogP contribution in [0.3, 0.4) is 0 Å². The van der Waals surface area contributed by atoms with E-state index in [1.165, 1.54) is 6.08 Å². The highest BCUT2D eigenvalue weighted by Gasteiger charge is 2.23. The van der Waals surface area contributed by atoms with E-state index in [-0.39, 0.29) is 0 Å². The van der Waals surface area contributed by atoms with Gasteiger partial charge in [0.2, 0.25) is 0 Å². The number of nitrogens with one attached hydrogen (secondary N) is 1. The molecular formula is C19H33F3N2. The molecule has 1 fully saturated rings. The molecule has 0 spiro atoms. The van der Waals surface area contributed by atoms with Crippen LogP contribution in [0.25, 0.3) is 0 Å². The molecular weight excluding hydrogens is 313 g/mol. The Morgan fingerprint density at radius 1 is 1.25 bits per heavy atom. The first kappa shape index (κ1) is 25.0. The molecule has 140 valence electrons. The first-order chi connectivity index (χ1) is 11.3. The minimum absolute atomic E-state index is 0.350. The quantitative estimate of drug-likeness (QED) is 0.556. The van der Waals surface area contributed by atoms with Crippen molar-refractivity contribution in [2.45, 2.75) is 52.3 Å². The van der Waals surface area contributed by atoms with Gasteiger partial charge in [-0.05, 0) is 45.2 Å². The van der Waals surface area contributed by atoms with Crippen LogP contribution in [0, 0.1) is 18.8 Å². The Hall–Kier alpha value is -1.25. The van der Waals surface area contributed by atoms with Gasteiger partial charge in [0.1, 0.15) is 0 Å². The van der Waals surface area contributed by atoms with Gasteiger partial charge in [0.05, 0.1) is 0 Å². The van der Waals surface area contributed by atoms with Crippen LogP contribution in [0.5, 0.6) is 0 Å². The Morgan fingerprint density at radius 3 is 2.17 bits per heavy atom. The van der Waals surface area contributed by atoms with Crippen molar-refractivity contribution >= 4 is 0 Å². The number of halogens is 3. The molecule has 5 heteroatoms. The van der Waals surface area contributed by atoms with Crippen LogP contribution in [-0.2, 0) is 0 Å². The molecule has 1 aliphatic rings. The second-order valence-corrected chi connectivity index (χ2v) is 6.01. The standard InChI is InChI=1S/C14H25F3N2.C3H6.C2H2/c1-12(2)11-19(13-5-8-18-9-6-13)10-4-3-7-14(15,16)17;1-3-2;1-2/h3,7,12-13,18H,4-6,8-11H2,1-2H3;3H,1H2,2H3;1-2H/b7-3+;;. The van der Waals surface area contributed by atoms with Crippen LogP contribution in [0.2, 0.25) is 0 Å². The van der Waals surface area contributed by atoms with Crippen molar-refractivity contribution in [2.75, 3.05) is 26.2 Å². The predicted octanol–water partition coefficient (Wildman–Crippen LogP) is 4.65. The first-order valence-corrected chi connectivity index (χ1v) is 8.39. The van der Waals surface area contributed by atoms with Gasteiger partial charge in [0.25, 0.3) is 0 Å². The molecule has 1 N–H and O–H groups in total. The average Bonchev–Trinajstić information content (AvgIpc) is 2.52. The molecule has 0 saturated carbocycles. The fourth-order valence-corrected chi connectivity index (χ4v) is 2.52. The van der Waals surface area contributed by atoms with Gasteiger partial charge in [-0.3, -0.25) is 4.90 Å². The molecule has 0 aromatic carbocycles. The second kappa shape index (κ2) is 15.3. The maximum atomic E-state index is 12.0. The van der Waals surface area contributed by atoms with Crippen molar-refractivity contribution < 1.29 is 13.2 Å². The molecule has 0 bridgehead atoms. The van der Waals surface area contributed by atoms with E-state index in [2.05, 4.69) is 43.5 Å². The molecule has 1 aliphatic heterocycles. The Balaban J connectivity index is 0. The monoisotopic (exact) mass is 346 g/mol. The molecule has 1 heterocycles. The number of alkyl halides is 3. The zero-order chi connectivity index (χ0) is 19.0. The molecule has 0 amide bonds. The second-order valence-electron chi connectivity index (χ2n) is 6.01. The van der Waals surface area contributed by atoms with Crippen molar-refractivity contribution in [3.05, 3.63) is 24.8 Å². The maximum Gasteiger partial charge on any atom is 0.409 e. The summed E-state index contributed by atoms with van der Waals surface area (Å²) in [6.45, 7) is 13.3. The highest BCUT2D eigenvalue weighted by atomic mass is 19.4. The van der Waals surface area contributed by atoms with E-state index in [9.17, 15) is 13.2 Å². The average molecular weight is 346 g/mol. The lowest BCUT2D eigenvalue weighted by Gasteiger charge is -2.35. The lowest BCUT2D eigenvalue weighted by Crippen LogP contribution is -2.44. The summed E-state index contributed by atoms with van der Waals surface area (Å²) in [6.07, 6.45) is 9.82. The van der Waals surface area contributed by atoms with Crippen molar-refractivity contribution in [3.63, 3.8) is 0 Å². The fourth-order valence-electron chi connectivity index (χ4n) is 2.52. The summed E-state index contributed by atoms with van der Waals surface area (Å²) in [5.41, 5.74) is 0. The maximum absolute atomic E-state index is 12.0. The highest BCUT2D eigenvalue weighted by molar-refractivity contribution is 4.90. The van der Waals surface area contributed by atoms with Gasteiger partial charge < -0.3 is 5.32 Å². The molecule has 1 rings (SSSR count). The molecule has 0 unspecified atom stereocenters. The van der Waals surface area contributed by atoms with Gasteiger partial charge in [-0.1, -0.05) is 26.0 Å². The zero-order valence-electron chi connectivity index (χ0n) is 15.3. The summed E-state index contributed by atoms with van der Waals surface area (Å²) in [7, 11) is 0. The number of terminal acetylenes is 1. The van der Waals surface area contributed by atoms with Crippen molar-refractivity contribution in [1.29, 1.82) is 0 Å². The van der Waals surface area contributed by atoms with Crippen LogP contribution in [0.4, 0.5) is 13.2 Å². The number of allylic oxidation sites excluding steroid dienone is 2. The normalized spacial score (nSPS) is 15.6. The largest absolute Gasteiger partial charge is 0.409 e. The third kappa shape index (κ3) is 15.6. The third-order valence-corrected chi connectivity index (χ3v) is 3.31. The van der Waals surface area contributed by atoms with E-state index in [1.54, 1.807) is 6.08 Å². The van der Waals surface area contributed by atoms with Crippen LogP contribution >= 0.6 is 0 Å². The third-order valence-electron chi connectivity index (χ3n) is 3.31. The fraction of sp³-hybridized carbons (Fsp3) is 0.684. The van der Waals surface area contributed by atoms with Gasteiger partial charge >= 0.3 is 6.18 Å². The summed E-state index contributed by atoms with van der Waals surface area (Å²) in [6, 6.07) is 0.517. The number of nitrogens with zero attached hydrogens (tertiary/aromatic N) is 1. The molecule has 0 radical (unpaired) electrons. The van der Waals surface area contributed by atoms with Gasteiger partial charge in [0.15, 0.2) is 0 Å². The highest BCUT2D eigenvalue weighted by Crippen LogP contribution is 2.17. The molecule has 0 aromatic rings. The minimum atomic E-state index is -4.18. The SMILES string of the molecule is C#C.C=CC.CC(C)CN(CC/C=C/C(F)(F)F)C1CCNCC1. The number of hydrogen-bond donors (Lipinski definition) is 1. The minimum Gasteiger partial charge on any atom is -0.317 e. The van der Waals surface area contributed by atoms with Crippen molar-refractivity contribution in [1.82, 2.24) is 10.2 Å². The Kier molecular flexibility index (Phi) is 15.9. The molecule has 24 heavy (non-hydrogen) atoms. The van der Waals surface area contributed by atoms with Crippen LogP contribution in [-0.4, -0.2) is 43.3 Å². The number of rotatable bonds is 6. The molecule has 1 saturated heterocycles. The predicted molar refractivity (Wildman–Crippen MR) is 97.9 cm³/mol. The van der Waals surface area contributed by atoms with Gasteiger partial charge in [-0.2, -0.15) is 13.2 Å². The molecule has 2 nitrogen and oxygen atoms in total. The topological polar surface area (TPSA) is 15.3 Å². The zero-order valence-corrected chi connectivity index (χ0v) is 15.3. The Labute approximate surface area is 146 Å². The van der Waals surface area contributed by atoms with Crippen LogP contribution in [0.1, 0.15) is 40.0 Å². The molecule has 0 atom stereocenters. The van der Waals surface area contributed by atoms with E-state index >= 15 is 0 Å². The van der Waals surface area contributed by atoms with Crippen LogP contribution < -0.4 is 5.32 Å². The first-order valence-electron chi connectivity index (χ1n) is 8.39. The summed E-state index contributed by atoms with van der Waals surface area (Å²) < 4.78 is 36.1. The summed E-state index contributed by atoms with van der Waals surface area (Å²) >= 11 is 0. The van der Waals surface area contributed by atoms with E-state index in [0.29, 0.717) is 24.5 Å². The number of piperidine rings is 1. The number of hydrogen-bond acceptors (Lipinski definition) is 2. The smallest absolute Gasteiger partial charge is 0.317 e. The van der Waals surface area contributed by atoms with Crippen molar-refractivity contribution in [3.8, 4) is 12.8 Å². The molecule has 0 aromatic heterocycles. The van der Waals surface area contributed by atoms with Gasteiger partial charge in [-0.25, -0.2) is 0 Å². The van der Waals surface area contributed by atoms with Crippen LogP contribution in [0.15, 0.2) is 24.8 Å². The lowest BCUT2D eigenvalue weighted by atomic mass is 10.0. The summed E-state index contributed by atoms with van der Waals surface area (Å²) in [5, 5.41) is 3.32. The van der Waals surface area contributed by atoms with E-state index in [4.69, 9.17) is 0 Å². The Morgan fingerprint density at radius 2 is 1.75 bits per heavy atom. The van der Waals surface area contributed by atoms with E-state index < -0.39 is 6.18 Å². The molecule has 0 aliphatic carbocycles. The Bertz CT molecular complexity index is 340. The van der Waals surface area contributed by atoms with E-state index in [1.807, 2.05) is 6.92 Å². The summed E-state index contributed by atoms with van der Waals surface area (Å²) in [4.78, 5) is 2.35. The van der Waals surface area contributed by atoms with Gasteiger partial charge in [-0.15, -0.1) is 19.4 Å². The summed E-state index contributed by atoms with van der Waals surface area (Å²) in [5.74, 6) is 0.543. The lowest BCUT2D eigenvalue weighted by molar-refractivity contribution is -0.0800. The van der Waals surface area contributed by atoms with Gasteiger partial charge in [0, 0.05) is 25.2 Å². The van der Waals surface area contributed by atoms with E-state index in [0.717, 1.165) is 39.0 Å². The van der Waals surface area contributed by atoms with Crippen molar-refractivity contribution in [2.24, 2.45) is 5.92 Å².